The summed E-state index contributed by atoms with van der Waals surface area (Å²) in [6.07, 6.45) is 4.58. The van der Waals surface area contributed by atoms with Crippen molar-refractivity contribution in [1.29, 1.82) is 5.26 Å². The molecule has 4 atom stereocenters. The highest BCUT2D eigenvalue weighted by atomic mass is 32.1. The average molecular weight is 339 g/mol. The second kappa shape index (κ2) is 5.42. The van der Waals surface area contributed by atoms with E-state index in [0.717, 1.165) is 11.1 Å². The van der Waals surface area contributed by atoms with Gasteiger partial charge in [0.25, 0.3) is 0 Å². The lowest BCUT2D eigenvalue weighted by Gasteiger charge is -2.23. The average Bonchev–Trinajstić information content (AvgIpc) is 3.26. The topological polar surface area (TPSA) is 103 Å². The fraction of sp³-hybridized carbons (Fsp3) is 0.294. The zero-order chi connectivity index (χ0) is 16.8. The van der Waals surface area contributed by atoms with Gasteiger partial charge >= 0.3 is 5.97 Å². The molecule has 0 aliphatic heterocycles. The Morgan fingerprint density at radius 2 is 2.04 bits per heavy atom. The number of carbonyl (C=O) groups is 2. The van der Waals surface area contributed by atoms with Crippen LogP contribution in [0.1, 0.15) is 12.0 Å². The van der Waals surface area contributed by atoms with Gasteiger partial charge in [-0.1, -0.05) is 23.5 Å². The number of aromatic nitrogens is 1. The van der Waals surface area contributed by atoms with Gasteiger partial charge in [0.2, 0.25) is 5.91 Å². The lowest BCUT2D eigenvalue weighted by Crippen LogP contribution is -2.36. The fourth-order valence-corrected chi connectivity index (χ4v) is 4.66. The molecule has 1 saturated carbocycles. The Labute approximate surface area is 141 Å². The summed E-state index contributed by atoms with van der Waals surface area (Å²) in [5, 5.41) is 21.6. The number of amides is 1. The van der Waals surface area contributed by atoms with E-state index >= 15 is 0 Å². The van der Waals surface area contributed by atoms with Crippen LogP contribution < -0.4 is 5.32 Å². The molecule has 2 aliphatic rings. The Morgan fingerprint density at radius 3 is 2.75 bits per heavy atom. The van der Waals surface area contributed by atoms with Gasteiger partial charge in [-0.25, -0.2) is 4.98 Å². The molecule has 24 heavy (non-hydrogen) atoms. The second-order valence-electron chi connectivity index (χ2n) is 6.14. The van der Waals surface area contributed by atoms with Gasteiger partial charge in [0.15, 0.2) is 5.13 Å². The summed E-state index contributed by atoms with van der Waals surface area (Å²) in [4.78, 5) is 28.5. The molecule has 0 saturated heterocycles. The molecular formula is C17H13N3O3S. The van der Waals surface area contributed by atoms with Gasteiger partial charge in [-0.3, -0.25) is 9.59 Å². The standard InChI is InChI=1S/C17H13N3O3S/c18-7-8-1-4-11-12(5-8)24-17(19-11)20-15(21)13-9-2-3-10(6-9)14(13)16(22)23/h1-5,9-10,13-14H,6H2,(H,22,23)(H,19,20,21)/t9?,10?,13-,14+/m1/s1. The van der Waals surface area contributed by atoms with Gasteiger partial charge in [-0.2, -0.15) is 5.26 Å². The number of carboxylic acid groups (broad SMARTS) is 1. The van der Waals surface area contributed by atoms with Crippen LogP contribution in [0.2, 0.25) is 0 Å². The number of thiazole rings is 1. The Balaban J connectivity index is 1.59. The van der Waals surface area contributed by atoms with E-state index in [4.69, 9.17) is 5.26 Å². The van der Waals surface area contributed by atoms with Crippen LogP contribution in [0.5, 0.6) is 0 Å². The van der Waals surface area contributed by atoms with Gasteiger partial charge in [0.05, 0.1) is 33.7 Å². The molecule has 2 aromatic rings. The van der Waals surface area contributed by atoms with E-state index in [-0.39, 0.29) is 17.7 Å². The maximum atomic E-state index is 12.6. The number of fused-ring (bicyclic) bond motifs is 3. The number of hydrogen-bond donors (Lipinski definition) is 2. The van der Waals surface area contributed by atoms with E-state index in [2.05, 4.69) is 16.4 Å². The zero-order valence-corrected chi connectivity index (χ0v) is 13.3. The molecule has 0 spiro atoms. The Kier molecular flexibility index (Phi) is 3.36. The van der Waals surface area contributed by atoms with Gasteiger partial charge in [0.1, 0.15) is 0 Å². The predicted octanol–water partition coefficient (Wildman–Crippen LogP) is 2.63. The third-order valence-corrected chi connectivity index (χ3v) is 5.73. The molecule has 6 nitrogen and oxygen atoms in total. The molecule has 120 valence electrons. The number of allylic oxidation sites excluding steroid dienone is 2. The quantitative estimate of drug-likeness (QED) is 0.837. The Hall–Kier alpha value is -2.72. The van der Waals surface area contributed by atoms with E-state index in [1.807, 2.05) is 12.2 Å². The van der Waals surface area contributed by atoms with Crippen molar-refractivity contribution in [2.24, 2.45) is 23.7 Å². The first kappa shape index (κ1) is 14.8. The summed E-state index contributed by atoms with van der Waals surface area (Å²) in [5.74, 6) is -2.51. The molecule has 2 unspecified atom stereocenters. The summed E-state index contributed by atoms with van der Waals surface area (Å²) < 4.78 is 0.812. The third-order valence-electron chi connectivity index (χ3n) is 4.79. The molecule has 1 fully saturated rings. The number of nitrogens with one attached hydrogen (secondary N) is 1. The molecule has 1 amide bonds. The van der Waals surface area contributed by atoms with Crippen molar-refractivity contribution in [3.63, 3.8) is 0 Å². The van der Waals surface area contributed by atoms with Crippen molar-refractivity contribution in [2.45, 2.75) is 6.42 Å². The van der Waals surface area contributed by atoms with Crippen LogP contribution in [0, 0.1) is 35.0 Å². The van der Waals surface area contributed by atoms with Crippen LogP contribution in [0.3, 0.4) is 0 Å². The van der Waals surface area contributed by atoms with Gasteiger partial charge in [-0.05, 0) is 36.5 Å². The first-order chi connectivity index (χ1) is 11.6. The SMILES string of the molecule is N#Cc1ccc2nc(NC(=O)[C@@H]3C4C=CC(C4)[C@@H]3C(=O)O)sc2c1. The van der Waals surface area contributed by atoms with E-state index in [1.54, 1.807) is 18.2 Å². The van der Waals surface area contributed by atoms with Crippen LogP contribution >= 0.6 is 11.3 Å². The molecule has 0 radical (unpaired) electrons. The maximum absolute atomic E-state index is 12.6. The molecule has 1 aromatic heterocycles. The largest absolute Gasteiger partial charge is 0.481 e. The van der Waals surface area contributed by atoms with Crippen LogP contribution in [0.25, 0.3) is 10.2 Å². The van der Waals surface area contributed by atoms with Crippen LogP contribution in [0.4, 0.5) is 5.13 Å². The van der Waals surface area contributed by atoms with E-state index in [1.165, 1.54) is 11.3 Å². The minimum atomic E-state index is -0.921. The predicted molar refractivity (Wildman–Crippen MR) is 88.3 cm³/mol. The lowest BCUT2D eigenvalue weighted by molar-refractivity contribution is -0.146. The van der Waals surface area contributed by atoms with Crippen molar-refractivity contribution < 1.29 is 14.7 Å². The molecule has 7 heteroatoms. The van der Waals surface area contributed by atoms with Crippen molar-refractivity contribution in [1.82, 2.24) is 4.98 Å². The summed E-state index contributed by atoms with van der Waals surface area (Å²) in [6, 6.07) is 7.21. The molecule has 2 N–H and O–H groups in total. The summed E-state index contributed by atoms with van der Waals surface area (Å²) in [6.45, 7) is 0. The Morgan fingerprint density at radius 1 is 1.29 bits per heavy atom. The van der Waals surface area contributed by atoms with Crippen LogP contribution in [0.15, 0.2) is 30.4 Å². The first-order valence-corrected chi connectivity index (χ1v) is 8.41. The molecule has 1 heterocycles. The van der Waals surface area contributed by atoms with Crippen molar-refractivity contribution >= 4 is 38.6 Å². The number of carbonyl (C=O) groups excluding carboxylic acids is 1. The van der Waals surface area contributed by atoms with Crippen molar-refractivity contribution in [2.75, 3.05) is 5.32 Å². The number of nitrogens with zero attached hydrogens (tertiary/aromatic N) is 2. The van der Waals surface area contributed by atoms with Crippen LogP contribution in [-0.2, 0) is 9.59 Å². The lowest BCUT2D eigenvalue weighted by atomic mass is 9.82. The number of rotatable bonds is 3. The fourth-order valence-electron chi connectivity index (χ4n) is 3.75. The van der Waals surface area contributed by atoms with Gasteiger partial charge in [-0.15, -0.1) is 0 Å². The molecule has 4 rings (SSSR count). The first-order valence-electron chi connectivity index (χ1n) is 7.59. The van der Waals surface area contributed by atoms with Crippen molar-refractivity contribution in [3.05, 3.63) is 35.9 Å². The molecular weight excluding hydrogens is 326 g/mol. The highest BCUT2D eigenvalue weighted by Crippen LogP contribution is 2.48. The van der Waals surface area contributed by atoms with Gasteiger partial charge in [0, 0.05) is 0 Å². The van der Waals surface area contributed by atoms with E-state index < -0.39 is 17.8 Å². The number of aliphatic carboxylic acids is 1. The molecule has 2 aliphatic carbocycles. The minimum Gasteiger partial charge on any atom is -0.481 e. The molecule has 2 bridgehead atoms. The number of nitriles is 1. The van der Waals surface area contributed by atoms with Gasteiger partial charge < -0.3 is 10.4 Å². The highest BCUT2D eigenvalue weighted by Gasteiger charge is 2.51. The second-order valence-corrected chi connectivity index (χ2v) is 7.17. The zero-order valence-electron chi connectivity index (χ0n) is 12.5. The summed E-state index contributed by atoms with van der Waals surface area (Å²) in [7, 11) is 0. The van der Waals surface area contributed by atoms with E-state index in [9.17, 15) is 14.7 Å². The van der Waals surface area contributed by atoms with Crippen molar-refractivity contribution in [3.8, 4) is 6.07 Å². The summed E-state index contributed by atoms with van der Waals surface area (Å²) in [5.41, 5.74) is 1.24. The van der Waals surface area contributed by atoms with Crippen LogP contribution in [-0.4, -0.2) is 22.0 Å². The highest BCUT2D eigenvalue weighted by molar-refractivity contribution is 7.22. The maximum Gasteiger partial charge on any atom is 0.307 e. The monoisotopic (exact) mass is 339 g/mol. The molecule has 1 aromatic carbocycles. The van der Waals surface area contributed by atoms with E-state index in [0.29, 0.717) is 16.2 Å². The summed E-state index contributed by atoms with van der Waals surface area (Å²) >= 11 is 1.28. The number of benzene rings is 1. The number of hydrogen-bond acceptors (Lipinski definition) is 5. The third kappa shape index (κ3) is 2.27. The Bertz CT molecular complexity index is 927. The normalized spacial score (nSPS) is 27.3. The minimum absolute atomic E-state index is 0.0179. The number of carboxylic acids is 1. The number of anilines is 1. The smallest absolute Gasteiger partial charge is 0.307 e.